The molecule has 0 aromatic heterocycles. The number of benzene rings is 3. The summed E-state index contributed by atoms with van der Waals surface area (Å²) in [6.45, 7) is 10.1. The van der Waals surface area contributed by atoms with Crippen molar-refractivity contribution >= 4 is 20.7 Å². The molecule has 36 heavy (non-hydrogen) atoms. The lowest BCUT2D eigenvalue weighted by Gasteiger charge is -2.48. The largest absolute Gasteiger partial charge is 0.753 e. The molecule has 3 heterocycles. The molecule has 0 spiro atoms. The molecule has 0 saturated carbocycles. The summed E-state index contributed by atoms with van der Waals surface area (Å²) in [4.78, 5) is 12.3. The smallest absolute Gasteiger partial charge is 0.452 e. The van der Waals surface area contributed by atoms with Gasteiger partial charge in [-0.1, -0.05) is 77.4 Å². The first-order valence-electron chi connectivity index (χ1n) is 12.5. The third-order valence-corrected chi connectivity index (χ3v) is 9.39. The van der Waals surface area contributed by atoms with Crippen LogP contribution in [-0.4, -0.2) is 41.3 Å². The van der Waals surface area contributed by atoms with E-state index >= 15 is 0 Å². The minimum Gasteiger partial charge on any atom is -0.452 e. The number of rotatable bonds is 4. The number of carbonyl (C=O) groups is 1. The van der Waals surface area contributed by atoms with E-state index in [1.165, 1.54) is 29.3 Å². The van der Waals surface area contributed by atoms with Crippen LogP contribution in [0.25, 0.3) is 0 Å². The Balaban J connectivity index is 1.65. The van der Waals surface area contributed by atoms with Gasteiger partial charge in [0, 0.05) is 6.92 Å². The van der Waals surface area contributed by atoms with Gasteiger partial charge in [-0.15, -0.1) is 0 Å². The Morgan fingerprint density at radius 2 is 1.22 bits per heavy atom. The molecule has 3 aliphatic rings. The van der Waals surface area contributed by atoms with E-state index < -0.39 is 15.0 Å². The predicted molar refractivity (Wildman–Crippen MR) is 141 cm³/mol. The summed E-state index contributed by atoms with van der Waals surface area (Å²) in [5, 5.41) is 0. The molecular formula is C29H34NO5Si+. The summed E-state index contributed by atoms with van der Waals surface area (Å²) in [6.07, 6.45) is -0.727. The molecule has 3 fully saturated rings. The molecule has 0 amide bonds. The second-order valence-corrected chi connectivity index (χ2v) is 12.0. The Labute approximate surface area is 214 Å². The van der Waals surface area contributed by atoms with Gasteiger partial charge in [0.1, 0.15) is 37.5 Å². The monoisotopic (exact) mass is 504 g/mol. The van der Waals surface area contributed by atoms with Gasteiger partial charge in [-0.05, 0) is 44.0 Å². The van der Waals surface area contributed by atoms with Crippen molar-refractivity contribution in [3.63, 3.8) is 0 Å². The SMILES string of the molecule is CC(=O)O[Si]12OCC[N+](c3ccc(C)cc3)(CC(c3ccc(C)cc3)O1)CC(c1ccc(C)cc1)O2. The summed E-state index contributed by atoms with van der Waals surface area (Å²) < 4.78 is 26.1. The van der Waals surface area contributed by atoms with Crippen molar-refractivity contribution in [1.29, 1.82) is 0 Å². The summed E-state index contributed by atoms with van der Waals surface area (Å²) in [5.74, 6) is -0.465. The van der Waals surface area contributed by atoms with Gasteiger partial charge in [-0.25, -0.2) is 0 Å². The Bertz CT molecular complexity index is 1150. The van der Waals surface area contributed by atoms with Gasteiger partial charge in [-0.2, -0.15) is 0 Å². The van der Waals surface area contributed by atoms with Crippen LogP contribution in [0.15, 0.2) is 72.8 Å². The van der Waals surface area contributed by atoms with E-state index in [2.05, 4.69) is 93.6 Å². The lowest BCUT2D eigenvalue weighted by atomic mass is 10.0. The fraction of sp³-hybridized carbons (Fsp3) is 0.345. The molecule has 0 aliphatic carbocycles. The van der Waals surface area contributed by atoms with Crippen LogP contribution >= 0.6 is 0 Å². The first-order chi connectivity index (χ1) is 17.3. The highest BCUT2D eigenvalue weighted by Gasteiger charge is 2.60. The molecular weight excluding hydrogens is 470 g/mol. The maximum Gasteiger partial charge on any atom is 0.753 e. The van der Waals surface area contributed by atoms with E-state index in [1.54, 1.807) is 0 Å². The summed E-state index contributed by atoms with van der Waals surface area (Å²) in [5.41, 5.74) is 6.78. The molecule has 2 bridgehead atoms. The van der Waals surface area contributed by atoms with Gasteiger partial charge in [0.05, 0.1) is 6.61 Å². The third kappa shape index (κ3) is 5.16. The average molecular weight is 505 g/mol. The van der Waals surface area contributed by atoms with Crippen LogP contribution in [0.2, 0.25) is 0 Å². The average Bonchev–Trinajstić information content (AvgIpc) is 2.81. The predicted octanol–water partition coefficient (Wildman–Crippen LogP) is 5.48. The number of nitrogens with zero attached hydrogens (tertiary/aromatic N) is 1. The standard InChI is InChI=1S/C29H34NO5Si/c1-21-5-11-25(12-6-21)28-19-30(27-15-9-23(3)10-16-27)17-18-32-36(34-28,33-24(4)31)35-29(20-30)26-13-7-22(2)8-14-26/h5-16,28-29H,17-20H2,1-4H3/q+1. The van der Waals surface area contributed by atoms with Crippen molar-refractivity contribution in [1.82, 2.24) is 4.48 Å². The Kier molecular flexibility index (Phi) is 6.85. The van der Waals surface area contributed by atoms with Gasteiger partial charge < -0.3 is 17.7 Å². The number of hydrogen-bond donors (Lipinski definition) is 0. The highest BCUT2D eigenvalue weighted by Crippen LogP contribution is 2.41. The quantitative estimate of drug-likeness (QED) is 0.348. The lowest BCUT2D eigenvalue weighted by Crippen LogP contribution is -2.66. The molecule has 3 saturated heterocycles. The highest BCUT2D eigenvalue weighted by atomic mass is 28.4. The van der Waals surface area contributed by atoms with Crippen molar-refractivity contribution < 1.29 is 22.5 Å². The minimum absolute atomic E-state index is 0.364. The van der Waals surface area contributed by atoms with Crippen LogP contribution in [0.5, 0.6) is 0 Å². The van der Waals surface area contributed by atoms with Gasteiger partial charge in [0.2, 0.25) is 0 Å². The normalized spacial score (nSPS) is 28.1. The van der Waals surface area contributed by atoms with Crippen molar-refractivity contribution in [3.8, 4) is 0 Å². The van der Waals surface area contributed by atoms with E-state index in [0.717, 1.165) is 17.7 Å². The number of fused-ring (bicyclic) bond motifs is 6. The van der Waals surface area contributed by atoms with Crippen molar-refractivity contribution in [3.05, 3.63) is 101 Å². The number of quaternary nitrogens is 1. The fourth-order valence-electron chi connectivity index (χ4n) is 5.12. The molecule has 6 rings (SSSR count). The third-order valence-electron chi connectivity index (χ3n) is 7.15. The molecule has 188 valence electrons. The zero-order valence-electron chi connectivity index (χ0n) is 21.4. The van der Waals surface area contributed by atoms with Gasteiger partial charge >= 0.3 is 9.05 Å². The highest BCUT2D eigenvalue weighted by molar-refractivity contribution is 6.55. The van der Waals surface area contributed by atoms with Crippen molar-refractivity contribution in [2.75, 3.05) is 26.2 Å². The van der Waals surface area contributed by atoms with Crippen LogP contribution in [0.3, 0.4) is 0 Å². The van der Waals surface area contributed by atoms with E-state index in [9.17, 15) is 4.79 Å². The van der Waals surface area contributed by atoms with E-state index in [4.69, 9.17) is 17.7 Å². The van der Waals surface area contributed by atoms with Crippen LogP contribution in [0.4, 0.5) is 5.69 Å². The second-order valence-electron chi connectivity index (χ2n) is 10.0. The van der Waals surface area contributed by atoms with Crippen LogP contribution in [0, 0.1) is 20.8 Å². The van der Waals surface area contributed by atoms with E-state index in [1.807, 2.05) is 0 Å². The molecule has 6 nitrogen and oxygen atoms in total. The minimum atomic E-state index is -3.81. The first-order valence-corrected chi connectivity index (χ1v) is 14.1. The number of carbonyl (C=O) groups excluding carboxylic acids is 1. The Hall–Kier alpha value is -2.81. The first kappa shape index (κ1) is 24.9. The molecule has 0 N–H and O–H groups in total. The molecule has 2 atom stereocenters. The van der Waals surface area contributed by atoms with E-state index in [0.29, 0.717) is 24.2 Å². The summed E-state index contributed by atoms with van der Waals surface area (Å²) in [6, 6.07) is 25.4. The maximum atomic E-state index is 12.3. The summed E-state index contributed by atoms with van der Waals surface area (Å²) in [7, 11) is -3.81. The van der Waals surface area contributed by atoms with Gasteiger partial charge in [-0.3, -0.25) is 9.28 Å². The van der Waals surface area contributed by atoms with Gasteiger partial charge in [0.15, 0.2) is 0 Å². The Morgan fingerprint density at radius 3 is 1.67 bits per heavy atom. The zero-order valence-corrected chi connectivity index (χ0v) is 22.4. The molecule has 7 heteroatoms. The molecule has 3 aromatic rings. The molecule has 0 radical (unpaired) electrons. The fourth-order valence-corrected chi connectivity index (χ4v) is 7.28. The summed E-state index contributed by atoms with van der Waals surface area (Å²) >= 11 is 0. The molecule has 3 aromatic carbocycles. The Morgan fingerprint density at radius 1 is 0.778 bits per heavy atom. The van der Waals surface area contributed by atoms with Crippen LogP contribution < -0.4 is 4.48 Å². The van der Waals surface area contributed by atoms with Crippen molar-refractivity contribution in [2.45, 2.75) is 39.9 Å². The number of hydrogen-bond acceptors (Lipinski definition) is 5. The topological polar surface area (TPSA) is 54.0 Å². The number of aryl methyl sites for hydroxylation is 3. The zero-order chi connectivity index (χ0) is 25.3. The maximum absolute atomic E-state index is 12.3. The molecule has 3 aliphatic heterocycles. The lowest BCUT2D eigenvalue weighted by molar-refractivity contribution is -0.154. The molecule has 2 unspecified atom stereocenters. The van der Waals surface area contributed by atoms with Crippen LogP contribution in [0.1, 0.15) is 46.9 Å². The van der Waals surface area contributed by atoms with Gasteiger partial charge in [0.25, 0.3) is 5.97 Å². The van der Waals surface area contributed by atoms with Crippen LogP contribution in [-0.2, 0) is 22.5 Å². The second kappa shape index (κ2) is 9.92. The van der Waals surface area contributed by atoms with Crippen molar-refractivity contribution in [2.24, 2.45) is 0 Å². The van der Waals surface area contributed by atoms with E-state index in [-0.39, 0.29) is 12.2 Å².